The minimum absolute atomic E-state index is 0.190. The number of esters is 1. The normalized spacial score (nSPS) is 27.8. The first kappa shape index (κ1) is 39.7. The second-order valence-electron chi connectivity index (χ2n) is 14.7. The number of hydrogen-bond donors (Lipinski definition) is 3. The highest BCUT2D eigenvalue weighted by Gasteiger charge is 2.47. The SMILES string of the molecule is CC(=O)O[C@]1(C)C[C@@H](O)CC(C)(C)C1=C=C/C(C)=C/C=C/C(C)=C/C=C/C=C(C)/C=C/C=C(C)/C=C/C1=C(C)[C@@H](O)[C@@H](O)CC1(C)C. The number of aliphatic hydroxyl groups excluding tert-OH is 3. The molecule has 0 bridgehead atoms. The van der Waals surface area contributed by atoms with Crippen molar-refractivity contribution < 1.29 is 24.9 Å². The summed E-state index contributed by atoms with van der Waals surface area (Å²) in [4.78, 5) is 11.8. The van der Waals surface area contributed by atoms with Crippen molar-refractivity contribution in [3.63, 3.8) is 0 Å². The summed E-state index contributed by atoms with van der Waals surface area (Å²) in [6, 6.07) is 0. The van der Waals surface area contributed by atoms with Crippen LogP contribution in [0.2, 0.25) is 0 Å². The average Bonchev–Trinajstić information content (AvgIpc) is 2.92. The van der Waals surface area contributed by atoms with Crippen LogP contribution in [0.5, 0.6) is 0 Å². The Hall–Kier alpha value is -3.47. The summed E-state index contributed by atoms with van der Waals surface area (Å²) in [6.07, 6.45) is 25.9. The topological polar surface area (TPSA) is 87.0 Å². The van der Waals surface area contributed by atoms with Crippen LogP contribution in [0.1, 0.15) is 95.4 Å². The molecular formula is C42H58O5. The molecule has 2 aliphatic rings. The Morgan fingerprint density at radius 1 is 0.723 bits per heavy atom. The van der Waals surface area contributed by atoms with Gasteiger partial charge < -0.3 is 20.1 Å². The predicted octanol–water partition coefficient (Wildman–Crippen LogP) is 9.05. The number of carbonyl (C=O) groups is 1. The van der Waals surface area contributed by atoms with E-state index in [1.807, 2.05) is 70.2 Å². The van der Waals surface area contributed by atoms with Crippen LogP contribution >= 0.6 is 0 Å². The van der Waals surface area contributed by atoms with Crippen LogP contribution in [-0.4, -0.2) is 45.2 Å². The van der Waals surface area contributed by atoms with Gasteiger partial charge in [0, 0.05) is 18.9 Å². The number of ether oxygens (including phenoxy) is 1. The van der Waals surface area contributed by atoms with Crippen molar-refractivity contribution in [3.8, 4) is 0 Å². The maximum Gasteiger partial charge on any atom is 0.303 e. The van der Waals surface area contributed by atoms with Crippen LogP contribution in [0.3, 0.4) is 0 Å². The van der Waals surface area contributed by atoms with Gasteiger partial charge in [-0.15, -0.1) is 5.73 Å². The fourth-order valence-corrected chi connectivity index (χ4v) is 6.61. The lowest BCUT2D eigenvalue weighted by Gasteiger charge is -2.45. The van der Waals surface area contributed by atoms with Crippen molar-refractivity contribution >= 4 is 5.97 Å². The van der Waals surface area contributed by atoms with E-state index >= 15 is 0 Å². The number of allylic oxidation sites excluding steroid dienone is 17. The summed E-state index contributed by atoms with van der Waals surface area (Å²) >= 11 is 0. The maximum absolute atomic E-state index is 11.8. The Bertz CT molecular complexity index is 1490. The van der Waals surface area contributed by atoms with E-state index in [1.165, 1.54) is 6.92 Å². The number of rotatable bonds is 10. The monoisotopic (exact) mass is 642 g/mol. The molecule has 4 atom stereocenters. The molecule has 47 heavy (non-hydrogen) atoms. The highest BCUT2D eigenvalue weighted by Crippen LogP contribution is 2.47. The first-order valence-corrected chi connectivity index (χ1v) is 16.6. The molecule has 0 unspecified atom stereocenters. The van der Waals surface area contributed by atoms with Gasteiger partial charge in [-0.25, -0.2) is 0 Å². The van der Waals surface area contributed by atoms with E-state index < -0.39 is 23.9 Å². The summed E-state index contributed by atoms with van der Waals surface area (Å²) in [6.45, 7) is 21.6. The first-order valence-electron chi connectivity index (χ1n) is 16.6. The predicted molar refractivity (Wildman–Crippen MR) is 195 cm³/mol. The van der Waals surface area contributed by atoms with Gasteiger partial charge in [0.15, 0.2) is 0 Å². The third-order valence-corrected chi connectivity index (χ3v) is 8.85. The van der Waals surface area contributed by atoms with Crippen LogP contribution in [-0.2, 0) is 9.53 Å². The van der Waals surface area contributed by atoms with Crippen LogP contribution in [0.15, 0.2) is 124 Å². The zero-order chi connectivity index (χ0) is 35.6. The van der Waals surface area contributed by atoms with Crippen LogP contribution < -0.4 is 0 Å². The smallest absolute Gasteiger partial charge is 0.303 e. The molecule has 5 nitrogen and oxygen atoms in total. The van der Waals surface area contributed by atoms with E-state index in [4.69, 9.17) is 4.74 Å². The molecule has 0 spiro atoms. The second kappa shape index (κ2) is 17.1. The van der Waals surface area contributed by atoms with Gasteiger partial charge in [0.1, 0.15) is 11.7 Å². The van der Waals surface area contributed by atoms with E-state index in [0.29, 0.717) is 19.3 Å². The van der Waals surface area contributed by atoms with Crippen LogP contribution in [0, 0.1) is 10.8 Å². The minimum atomic E-state index is -0.886. The molecule has 0 aromatic rings. The molecule has 2 aliphatic carbocycles. The van der Waals surface area contributed by atoms with Gasteiger partial charge in [0.05, 0.1) is 12.2 Å². The largest absolute Gasteiger partial charge is 0.454 e. The molecule has 1 fully saturated rings. The lowest BCUT2D eigenvalue weighted by atomic mass is 9.65. The van der Waals surface area contributed by atoms with Crippen LogP contribution in [0.4, 0.5) is 0 Å². The maximum atomic E-state index is 11.8. The van der Waals surface area contributed by atoms with Crippen molar-refractivity contribution in [2.24, 2.45) is 10.8 Å². The molecule has 256 valence electrons. The highest BCUT2D eigenvalue weighted by molar-refractivity contribution is 5.67. The fraction of sp³-hybridized carbons (Fsp3) is 0.476. The summed E-state index contributed by atoms with van der Waals surface area (Å²) in [5.41, 5.74) is 9.13. The third kappa shape index (κ3) is 12.2. The Morgan fingerprint density at radius 3 is 1.79 bits per heavy atom. The molecule has 1 saturated carbocycles. The second-order valence-corrected chi connectivity index (χ2v) is 14.7. The zero-order valence-corrected chi connectivity index (χ0v) is 30.5. The third-order valence-electron chi connectivity index (χ3n) is 8.85. The van der Waals surface area contributed by atoms with Crippen LogP contribution in [0.25, 0.3) is 0 Å². The molecule has 0 radical (unpaired) electrons. The Labute approximate surface area is 284 Å². The number of carbonyl (C=O) groups excluding carboxylic acids is 1. The van der Waals surface area contributed by atoms with E-state index in [2.05, 4.69) is 83.7 Å². The summed E-state index contributed by atoms with van der Waals surface area (Å²) in [5.74, 6) is -0.365. The van der Waals surface area contributed by atoms with Crippen molar-refractivity contribution in [2.45, 2.75) is 119 Å². The molecule has 0 amide bonds. The van der Waals surface area contributed by atoms with E-state index in [-0.39, 0.29) is 16.8 Å². The zero-order valence-electron chi connectivity index (χ0n) is 30.5. The van der Waals surface area contributed by atoms with E-state index in [0.717, 1.165) is 39.0 Å². The molecule has 0 aromatic carbocycles. The summed E-state index contributed by atoms with van der Waals surface area (Å²) in [5, 5.41) is 30.8. The van der Waals surface area contributed by atoms with Crippen molar-refractivity contribution in [1.29, 1.82) is 0 Å². The number of hydrogen-bond acceptors (Lipinski definition) is 5. The van der Waals surface area contributed by atoms with Crippen molar-refractivity contribution in [3.05, 3.63) is 124 Å². The van der Waals surface area contributed by atoms with Crippen molar-refractivity contribution in [1.82, 2.24) is 0 Å². The molecule has 0 heterocycles. The van der Waals surface area contributed by atoms with E-state index in [1.54, 1.807) is 0 Å². The van der Waals surface area contributed by atoms with Gasteiger partial charge in [-0.1, -0.05) is 117 Å². The van der Waals surface area contributed by atoms with Gasteiger partial charge in [0.25, 0.3) is 0 Å². The molecule has 0 saturated heterocycles. The Morgan fingerprint density at radius 2 is 1.23 bits per heavy atom. The lowest BCUT2D eigenvalue weighted by Crippen LogP contribution is -2.47. The Kier molecular flexibility index (Phi) is 14.4. The van der Waals surface area contributed by atoms with Gasteiger partial charge in [-0.2, -0.15) is 0 Å². The Balaban J connectivity index is 2.02. The highest BCUT2D eigenvalue weighted by atomic mass is 16.6. The van der Waals surface area contributed by atoms with Gasteiger partial charge >= 0.3 is 5.97 Å². The standard InChI is InChI=1S/C42H58O5/c1-29(18-14-20-31(3)22-24-36-33(5)39(46)37(45)28-40(36,7)8)16-12-13-17-30(2)19-15-21-32(4)23-25-38-41(9,10)26-35(44)27-42(38,11)47-34(6)43/h12-24,35,37,39,44-46H,26-28H2,1-11H3/b13-12+,18-14+,19-15+,24-22+,29-16+,30-17+,31-20+,32-21+/t25?,35-,37-,39+,42+/m0/s1. The molecule has 0 aromatic heterocycles. The average molecular weight is 643 g/mol. The summed E-state index contributed by atoms with van der Waals surface area (Å²) < 4.78 is 5.68. The molecule has 5 heteroatoms. The molecule has 3 N–H and O–H groups in total. The first-order chi connectivity index (χ1) is 21.8. The van der Waals surface area contributed by atoms with E-state index in [9.17, 15) is 20.1 Å². The fourth-order valence-electron chi connectivity index (χ4n) is 6.61. The minimum Gasteiger partial charge on any atom is -0.454 e. The van der Waals surface area contributed by atoms with Gasteiger partial charge in [-0.3, -0.25) is 4.79 Å². The summed E-state index contributed by atoms with van der Waals surface area (Å²) in [7, 11) is 0. The van der Waals surface area contributed by atoms with Crippen molar-refractivity contribution in [2.75, 3.05) is 0 Å². The van der Waals surface area contributed by atoms with Gasteiger partial charge in [-0.05, 0) is 88.0 Å². The molecule has 0 aliphatic heterocycles. The lowest BCUT2D eigenvalue weighted by molar-refractivity contribution is -0.158. The number of aliphatic hydroxyl groups is 3. The molecule has 2 rings (SSSR count). The molecular weight excluding hydrogens is 584 g/mol. The quantitative estimate of drug-likeness (QED) is 0.126. The van der Waals surface area contributed by atoms with Gasteiger partial charge in [0.2, 0.25) is 0 Å².